The van der Waals surface area contributed by atoms with Crippen molar-refractivity contribution >= 4 is 5.96 Å². The zero-order valence-corrected chi connectivity index (χ0v) is 8.83. The number of nitrogens with zero attached hydrogens (tertiary/aromatic N) is 2. The number of nitrogens with one attached hydrogen (secondary N) is 1. The van der Waals surface area contributed by atoms with Crippen molar-refractivity contribution in [1.29, 1.82) is 0 Å². The van der Waals surface area contributed by atoms with Crippen molar-refractivity contribution in [2.75, 3.05) is 32.8 Å². The molecule has 1 saturated heterocycles. The van der Waals surface area contributed by atoms with Crippen LogP contribution in [0.3, 0.4) is 0 Å². The van der Waals surface area contributed by atoms with E-state index in [1.54, 1.807) is 0 Å². The highest BCUT2D eigenvalue weighted by molar-refractivity contribution is 5.79. The van der Waals surface area contributed by atoms with E-state index >= 15 is 0 Å². The van der Waals surface area contributed by atoms with Crippen LogP contribution in [0, 0.1) is 0 Å². The Bertz CT molecular complexity index is 178. The highest BCUT2D eigenvalue weighted by Gasteiger charge is 2.13. The number of morpholine rings is 1. The Morgan fingerprint density at radius 1 is 1.50 bits per heavy atom. The molecular weight excluding hydrogens is 180 g/mol. The second-order valence-electron chi connectivity index (χ2n) is 3.30. The van der Waals surface area contributed by atoms with Gasteiger partial charge < -0.3 is 9.64 Å². The lowest BCUT2D eigenvalue weighted by Gasteiger charge is -2.29. The molecule has 1 rings (SSSR count). The first-order valence-corrected chi connectivity index (χ1v) is 5.22. The molecule has 1 aliphatic rings. The van der Waals surface area contributed by atoms with Crippen molar-refractivity contribution in [2.24, 2.45) is 10.8 Å². The lowest BCUT2D eigenvalue weighted by Crippen LogP contribution is -2.49. The van der Waals surface area contributed by atoms with Crippen LogP contribution in [-0.2, 0) is 4.74 Å². The number of guanidine groups is 1. The number of unbranched alkanes of at least 4 members (excludes halogenated alkanes) is 1. The zero-order valence-electron chi connectivity index (χ0n) is 8.83. The van der Waals surface area contributed by atoms with Crippen LogP contribution in [0.4, 0.5) is 0 Å². The molecular formula is C9H20N4O. The van der Waals surface area contributed by atoms with Gasteiger partial charge in [-0.15, -0.1) is 0 Å². The number of hydrazine groups is 1. The number of hydrogen-bond donors (Lipinski definition) is 2. The predicted molar refractivity (Wildman–Crippen MR) is 56.9 cm³/mol. The van der Waals surface area contributed by atoms with Crippen molar-refractivity contribution < 1.29 is 4.74 Å². The summed E-state index contributed by atoms with van der Waals surface area (Å²) in [4.78, 5) is 6.53. The summed E-state index contributed by atoms with van der Waals surface area (Å²) in [5.74, 6) is 6.22. The summed E-state index contributed by atoms with van der Waals surface area (Å²) >= 11 is 0. The Kier molecular flexibility index (Phi) is 5.32. The summed E-state index contributed by atoms with van der Waals surface area (Å²) in [6.45, 7) is 6.25. The van der Waals surface area contributed by atoms with Gasteiger partial charge in [0.15, 0.2) is 0 Å². The molecule has 0 radical (unpaired) electrons. The van der Waals surface area contributed by atoms with Crippen LogP contribution in [0.1, 0.15) is 19.8 Å². The molecule has 5 nitrogen and oxygen atoms in total. The quantitative estimate of drug-likeness (QED) is 0.220. The van der Waals surface area contributed by atoms with Gasteiger partial charge >= 0.3 is 0 Å². The van der Waals surface area contributed by atoms with Crippen molar-refractivity contribution in [3.8, 4) is 0 Å². The number of nitrogens with two attached hydrogens (primary N) is 1. The molecule has 82 valence electrons. The molecule has 0 bridgehead atoms. The molecule has 5 heteroatoms. The summed E-state index contributed by atoms with van der Waals surface area (Å²) in [6, 6.07) is 0. The fourth-order valence-electron chi connectivity index (χ4n) is 1.36. The van der Waals surface area contributed by atoms with Crippen LogP contribution in [0.15, 0.2) is 4.99 Å². The molecule has 3 N–H and O–H groups in total. The van der Waals surface area contributed by atoms with Gasteiger partial charge in [0.1, 0.15) is 0 Å². The lowest BCUT2D eigenvalue weighted by molar-refractivity contribution is 0.0664. The van der Waals surface area contributed by atoms with Crippen LogP contribution in [0.2, 0.25) is 0 Å². The molecule has 0 atom stereocenters. The first-order valence-electron chi connectivity index (χ1n) is 5.22. The molecule has 1 heterocycles. The molecule has 0 spiro atoms. The molecule has 0 aromatic carbocycles. The van der Waals surface area contributed by atoms with Crippen LogP contribution < -0.4 is 11.3 Å². The van der Waals surface area contributed by atoms with Gasteiger partial charge in [0.2, 0.25) is 5.96 Å². The number of rotatable bonds is 3. The summed E-state index contributed by atoms with van der Waals surface area (Å²) in [7, 11) is 0. The Morgan fingerprint density at radius 3 is 2.79 bits per heavy atom. The van der Waals surface area contributed by atoms with E-state index in [1.807, 2.05) is 0 Å². The summed E-state index contributed by atoms with van der Waals surface area (Å²) in [5.41, 5.74) is 2.65. The maximum absolute atomic E-state index is 5.42. The molecule has 0 saturated carbocycles. The first kappa shape index (κ1) is 11.3. The maximum atomic E-state index is 5.42. The van der Waals surface area contributed by atoms with E-state index in [0.29, 0.717) is 0 Å². The minimum absolute atomic E-state index is 0.758. The van der Waals surface area contributed by atoms with Gasteiger partial charge in [-0.3, -0.25) is 10.4 Å². The van der Waals surface area contributed by atoms with Gasteiger partial charge in [0.25, 0.3) is 0 Å². The minimum atomic E-state index is 0.758. The van der Waals surface area contributed by atoms with Gasteiger partial charge in [-0.1, -0.05) is 13.3 Å². The smallest absolute Gasteiger partial charge is 0.208 e. The molecule has 1 fully saturated rings. The van der Waals surface area contributed by atoms with E-state index < -0.39 is 0 Å². The SMILES string of the molecule is CCCCN=C(NN)N1CCOCC1. The third-order valence-electron chi connectivity index (χ3n) is 2.21. The second-order valence-corrected chi connectivity index (χ2v) is 3.30. The van der Waals surface area contributed by atoms with E-state index in [1.165, 1.54) is 0 Å². The number of hydrogen-bond acceptors (Lipinski definition) is 3. The van der Waals surface area contributed by atoms with Crippen LogP contribution in [0.5, 0.6) is 0 Å². The van der Waals surface area contributed by atoms with E-state index in [2.05, 4.69) is 22.2 Å². The predicted octanol–water partition coefficient (Wildman–Crippen LogP) is -0.0620. The lowest BCUT2D eigenvalue weighted by atomic mass is 10.3. The second kappa shape index (κ2) is 6.62. The molecule has 1 aliphatic heterocycles. The molecule has 0 aromatic heterocycles. The summed E-state index contributed by atoms with van der Waals surface area (Å²) < 4.78 is 5.25. The largest absolute Gasteiger partial charge is 0.378 e. The van der Waals surface area contributed by atoms with Gasteiger partial charge in [-0.2, -0.15) is 0 Å². The Hall–Kier alpha value is -0.810. The van der Waals surface area contributed by atoms with Gasteiger partial charge in [0, 0.05) is 19.6 Å². The van der Waals surface area contributed by atoms with Crippen LogP contribution in [0.25, 0.3) is 0 Å². The third-order valence-corrected chi connectivity index (χ3v) is 2.21. The fourth-order valence-corrected chi connectivity index (χ4v) is 1.36. The standard InChI is InChI=1S/C9H20N4O/c1-2-3-4-11-9(12-10)13-5-7-14-8-6-13/h2-8,10H2,1H3,(H,11,12). The van der Waals surface area contributed by atoms with Crippen LogP contribution >= 0.6 is 0 Å². The Balaban J connectivity index is 2.38. The average molecular weight is 200 g/mol. The molecule has 0 unspecified atom stereocenters. The zero-order chi connectivity index (χ0) is 10.2. The number of aliphatic imine (C=N–C) groups is 1. The van der Waals surface area contributed by atoms with Gasteiger partial charge in [0.05, 0.1) is 13.2 Å². The van der Waals surface area contributed by atoms with Crippen molar-refractivity contribution in [1.82, 2.24) is 10.3 Å². The molecule has 0 aromatic rings. The Morgan fingerprint density at radius 2 is 2.21 bits per heavy atom. The summed E-state index contributed by atoms with van der Waals surface area (Å²) in [6.07, 6.45) is 2.26. The normalized spacial score (nSPS) is 18.4. The van der Waals surface area contributed by atoms with E-state index in [0.717, 1.165) is 51.6 Å². The summed E-state index contributed by atoms with van der Waals surface area (Å²) in [5, 5.41) is 0. The molecule has 0 amide bonds. The van der Waals surface area contributed by atoms with Crippen molar-refractivity contribution in [2.45, 2.75) is 19.8 Å². The fraction of sp³-hybridized carbons (Fsp3) is 0.889. The van der Waals surface area contributed by atoms with Crippen molar-refractivity contribution in [3.63, 3.8) is 0 Å². The average Bonchev–Trinajstić information content (AvgIpc) is 2.26. The maximum Gasteiger partial charge on any atom is 0.208 e. The molecule has 14 heavy (non-hydrogen) atoms. The highest BCUT2D eigenvalue weighted by atomic mass is 16.5. The first-order chi connectivity index (χ1) is 6.88. The van der Waals surface area contributed by atoms with Crippen molar-refractivity contribution in [3.05, 3.63) is 0 Å². The number of ether oxygens (including phenoxy) is 1. The minimum Gasteiger partial charge on any atom is -0.378 e. The highest BCUT2D eigenvalue weighted by Crippen LogP contribution is 1.97. The Labute approximate surface area is 85.3 Å². The third kappa shape index (κ3) is 3.51. The van der Waals surface area contributed by atoms with Gasteiger partial charge in [-0.25, -0.2) is 5.84 Å². The molecule has 0 aliphatic carbocycles. The topological polar surface area (TPSA) is 62.9 Å². The van der Waals surface area contributed by atoms with E-state index in [4.69, 9.17) is 10.6 Å². The monoisotopic (exact) mass is 200 g/mol. The van der Waals surface area contributed by atoms with Crippen LogP contribution in [-0.4, -0.2) is 43.7 Å². The van der Waals surface area contributed by atoms with E-state index in [-0.39, 0.29) is 0 Å². The van der Waals surface area contributed by atoms with Gasteiger partial charge in [-0.05, 0) is 6.42 Å². The van der Waals surface area contributed by atoms with E-state index in [9.17, 15) is 0 Å².